The second-order valence-corrected chi connectivity index (χ2v) is 6.93. The molecule has 6 heteroatoms. The van der Waals surface area contributed by atoms with Crippen molar-refractivity contribution < 1.29 is 4.79 Å². The summed E-state index contributed by atoms with van der Waals surface area (Å²) in [5, 5.41) is 7.71. The summed E-state index contributed by atoms with van der Waals surface area (Å²) in [6.45, 7) is 3.71. The third-order valence-electron chi connectivity index (χ3n) is 3.95. The second-order valence-electron chi connectivity index (χ2n) is 5.72. The van der Waals surface area contributed by atoms with Crippen molar-refractivity contribution in [3.8, 4) is 5.69 Å². The van der Waals surface area contributed by atoms with Gasteiger partial charge in [0.05, 0.1) is 23.0 Å². The number of carbonyl (C=O) groups is 1. The minimum absolute atomic E-state index is 0.168. The molecule has 0 aliphatic carbocycles. The number of halogens is 2. The van der Waals surface area contributed by atoms with Gasteiger partial charge in [0.25, 0.3) is 5.91 Å². The largest absolute Gasteiger partial charge is 0.345 e. The molecule has 0 aliphatic rings. The van der Waals surface area contributed by atoms with Crippen LogP contribution in [-0.4, -0.2) is 15.7 Å². The van der Waals surface area contributed by atoms with Gasteiger partial charge in [-0.3, -0.25) is 4.79 Å². The molecule has 1 aromatic heterocycles. The molecule has 0 spiro atoms. The summed E-state index contributed by atoms with van der Waals surface area (Å²) in [4.78, 5) is 12.8. The Kier molecular flexibility index (Phi) is 5.25. The van der Waals surface area contributed by atoms with Crippen LogP contribution in [0.2, 0.25) is 5.15 Å². The fourth-order valence-corrected chi connectivity index (χ4v) is 3.66. The van der Waals surface area contributed by atoms with E-state index in [0.717, 1.165) is 15.7 Å². The molecule has 1 heterocycles. The Morgan fingerprint density at radius 3 is 2.48 bits per heavy atom. The van der Waals surface area contributed by atoms with Crippen LogP contribution in [0.25, 0.3) is 5.69 Å². The number of aryl methyl sites for hydroxylation is 1. The number of aromatic nitrogens is 2. The number of hydrogen-bond acceptors (Lipinski definition) is 2. The maximum atomic E-state index is 12.8. The highest BCUT2D eigenvalue weighted by molar-refractivity contribution is 9.10. The predicted octanol–water partition coefficient (Wildman–Crippen LogP) is 5.09. The molecule has 3 aromatic rings. The van der Waals surface area contributed by atoms with E-state index < -0.39 is 0 Å². The average Bonchev–Trinajstić information content (AvgIpc) is 2.90. The summed E-state index contributed by atoms with van der Waals surface area (Å²) in [7, 11) is 0. The molecule has 1 N–H and O–H groups in total. The Bertz CT molecular complexity index is 908. The van der Waals surface area contributed by atoms with Crippen LogP contribution < -0.4 is 5.32 Å². The summed E-state index contributed by atoms with van der Waals surface area (Å²) >= 11 is 9.96. The molecule has 1 amide bonds. The lowest BCUT2D eigenvalue weighted by Gasteiger charge is -2.15. The molecule has 0 radical (unpaired) electrons. The lowest BCUT2D eigenvalue weighted by molar-refractivity contribution is 0.0939. The highest BCUT2D eigenvalue weighted by atomic mass is 79.9. The molecule has 1 unspecified atom stereocenters. The van der Waals surface area contributed by atoms with Crippen molar-refractivity contribution in [3.05, 3.63) is 81.0 Å². The Morgan fingerprint density at radius 2 is 1.80 bits per heavy atom. The molecule has 0 saturated carbocycles. The maximum Gasteiger partial charge on any atom is 0.256 e. The van der Waals surface area contributed by atoms with Crippen molar-refractivity contribution in [2.45, 2.75) is 19.9 Å². The van der Waals surface area contributed by atoms with Gasteiger partial charge in [-0.1, -0.05) is 63.9 Å². The Hall–Kier alpha value is -2.11. The predicted molar refractivity (Wildman–Crippen MR) is 103 cm³/mol. The molecular weight excluding hydrogens is 402 g/mol. The van der Waals surface area contributed by atoms with Crippen LogP contribution in [-0.2, 0) is 0 Å². The van der Waals surface area contributed by atoms with Crippen LogP contribution in [0.5, 0.6) is 0 Å². The summed E-state index contributed by atoms with van der Waals surface area (Å²) in [5.74, 6) is -0.243. The number of rotatable bonds is 4. The number of hydrogen-bond donors (Lipinski definition) is 1. The molecule has 0 aliphatic heterocycles. The van der Waals surface area contributed by atoms with Gasteiger partial charge >= 0.3 is 0 Å². The fourth-order valence-electron chi connectivity index (χ4n) is 2.67. The third kappa shape index (κ3) is 3.62. The minimum Gasteiger partial charge on any atom is -0.345 e. The van der Waals surface area contributed by atoms with Gasteiger partial charge in [0.15, 0.2) is 0 Å². The van der Waals surface area contributed by atoms with Crippen molar-refractivity contribution in [1.82, 2.24) is 15.1 Å². The highest BCUT2D eigenvalue weighted by Crippen LogP contribution is 2.26. The monoisotopic (exact) mass is 417 g/mol. The molecule has 25 heavy (non-hydrogen) atoms. The first-order valence-corrected chi connectivity index (χ1v) is 9.02. The lowest BCUT2D eigenvalue weighted by Crippen LogP contribution is -2.27. The smallest absolute Gasteiger partial charge is 0.256 e. The van der Waals surface area contributed by atoms with Crippen LogP contribution in [0.15, 0.2) is 59.1 Å². The molecule has 3 rings (SSSR count). The summed E-state index contributed by atoms with van der Waals surface area (Å²) in [5.41, 5.74) is 2.80. The first-order chi connectivity index (χ1) is 12.0. The van der Waals surface area contributed by atoms with Crippen molar-refractivity contribution >= 4 is 33.4 Å². The number of benzene rings is 2. The number of carbonyl (C=O) groups excluding carboxylic acids is 1. The number of nitrogens with zero attached hydrogens (tertiary/aromatic N) is 2. The maximum absolute atomic E-state index is 12.8. The van der Waals surface area contributed by atoms with E-state index in [1.54, 1.807) is 11.6 Å². The Labute approximate surface area is 159 Å². The van der Waals surface area contributed by atoms with Gasteiger partial charge in [-0.05, 0) is 37.6 Å². The number of para-hydroxylation sites is 1. The molecule has 128 valence electrons. The van der Waals surface area contributed by atoms with E-state index in [9.17, 15) is 4.79 Å². The molecule has 2 aromatic carbocycles. The normalized spacial score (nSPS) is 12.0. The van der Waals surface area contributed by atoms with E-state index in [0.29, 0.717) is 16.4 Å². The quantitative estimate of drug-likeness (QED) is 0.641. The fraction of sp³-hybridized carbons (Fsp3) is 0.158. The number of nitrogens with one attached hydrogen (secondary N) is 1. The van der Waals surface area contributed by atoms with E-state index in [2.05, 4.69) is 26.3 Å². The van der Waals surface area contributed by atoms with Crippen LogP contribution in [0.4, 0.5) is 0 Å². The summed E-state index contributed by atoms with van der Waals surface area (Å²) in [6.07, 6.45) is 0. The van der Waals surface area contributed by atoms with Gasteiger partial charge in [0, 0.05) is 4.47 Å². The standard InChI is InChI=1S/C19H17BrClN3O/c1-12(15-10-6-7-11-16(15)20)22-19(25)17-13(2)23-24(18(17)21)14-8-4-3-5-9-14/h3-12H,1-2H3,(H,22,25). The van der Waals surface area contributed by atoms with Crippen LogP contribution in [0.1, 0.15) is 34.6 Å². The summed E-state index contributed by atoms with van der Waals surface area (Å²) < 4.78 is 2.53. The summed E-state index contributed by atoms with van der Waals surface area (Å²) in [6, 6.07) is 17.1. The Morgan fingerprint density at radius 1 is 1.16 bits per heavy atom. The van der Waals surface area contributed by atoms with Gasteiger partial charge in [0.1, 0.15) is 5.15 Å². The molecule has 1 atom stereocenters. The van der Waals surface area contributed by atoms with Crippen molar-refractivity contribution in [3.63, 3.8) is 0 Å². The highest BCUT2D eigenvalue weighted by Gasteiger charge is 2.23. The second kappa shape index (κ2) is 7.42. The zero-order valence-electron chi connectivity index (χ0n) is 13.8. The zero-order chi connectivity index (χ0) is 18.0. The van der Waals surface area contributed by atoms with Crippen LogP contribution in [0, 0.1) is 6.92 Å². The Balaban J connectivity index is 1.88. The van der Waals surface area contributed by atoms with Crippen LogP contribution in [0.3, 0.4) is 0 Å². The zero-order valence-corrected chi connectivity index (χ0v) is 16.2. The van der Waals surface area contributed by atoms with Gasteiger partial charge < -0.3 is 5.32 Å². The first-order valence-electron chi connectivity index (χ1n) is 7.85. The molecule has 0 bridgehead atoms. The van der Waals surface area contributed by atoms with Gasteiger partial charge in [-0.15, -0.1) is 0 Å². The van der Waals surface area contributed by atoms with Crippen molar-refractivity contribution in [1.29, 1.82) is 0 Å². The van der Waals surface area contributed by atoms with E-state index in [-0.39, 0.29) is 11.9 Å². The SMILES string of the molecule is Cc1nn(-c2ccccc2)c(Cl)c1C(=O)NC(C)c1ccccc1Br. The van der Waals surface area contributed by atoms with Gasteiger partial charge in [0.2, 0.25) is 0 Å². The molecule has 4 nitrogen and oxygen atoms in total. The third-order valence-corrected chi connectivity index (χ3v) is 5.02. The van der Waals surface area contributed by atoms with Gasteiger partial charge in [-0.25, -0.2) is 4.68 Å². The van der Waals surface area contributed by atoms with Crippen molar-refractivity contribution in [2.75, 3.05) is 0 Å². The minimum atomic E-state index is -0.243. The molecule has 0 saturated heterocycles. The lowest BCUT2D eigenvalue weighted by atomic mass is 10.1. The van der Waals surface area contributed by atoms with E-state index in [1.165, 1.54) is 0 Å². The first kappa shape index (κ1) is 17.7. The van der Waals surface area contributed by atoms with E-state index >= 15 is 0 Å². The number of amides is 1. The topological polar surface area (TPSA) is 46.9 Å². The van der Waals surface area contributed by atoms with E-state index in [1.807, 2.05) is 61.5 Å². The average molecular weight is 419 g/mol. The molecule has 0 fully saturated rings. The van der Waals surface area contributed by atoms with E-state index in [4.69, 9.17) is 11.6 Å². The van der Waals surface area contributed by atoms with Crippen LogP contribution >= 0.6 is 27.5 Å². The van der Waals surface area contributed by atoms with Crippen molar-refractivity contribution in [2.24, 2.45) is 0 Å². The van der Waals surface area contributed by atoms with Gasteiger partial charge in [-0.2, -0.15) is 5.10 Å². The molecular formula is C19H17BrClN3O.